The average Bonchev–Trinajstić information content (AvgIpc) is 3.45. The molecule has 0 aliphatic heterocycles. The molecule has 0 bridgehead atoms. The van der Waals surface area contributed by atoms with Crippen molar-refractivity contribution in [3.63, 3.8) is 0 Å². The number of thiazole rings is 1. The minimum Gasteiger partial charge on any atom is -0.457 e. The summed E-state index contributed by atoms with van der Waals surface area (Å²) in [4.78, 5) is 9.31. The van der Waals surface area contributed by atoms with Crippen molar-refractivity contribution in [3.8, 4) is 22.7 Å². The highest BCUT2D eigenvalue weighted by molar-refractivity contribution is 7.09. The Morgan fingerprint density at radius 2 is 2.00 bits per heavy atom. The van der Waals surface area contributed by atoms with Gasteiger partial charge in [0.25, 0.3) is 0 Å². The third kappa shape index (κ3) is 3.72. The third-order valence-electron chi connectivity index (χ3n) is 4.46. The summed E-state index contributed by atoms with van der Waals surface area (Å²) >= 11 is 1.70. The van der Waals surface area contributed by atoms with E-state index in [1.54, 1.807) is 17.4 Å². The molecule has 138 valence electrons. The molecule has 0 spiro atoms. The average molecular weight is 379 g/mol. The van der Waals surface area contributed by atoms with E-state index >= 15 is 0 Å². The Morgan fingerprint density at radius 1 is 1.15 bits per heavy atom. The summed E-state index contributed by atoms with van der Waals surface area (Å²) in [6.45, 7) is 2.77. The molecule has 27 heavy (non-hydrogen) atoms. The largest absolute Gasteiger partial charge is 0.457 e. The normalized spacial score (nSPS) is 11.2. The smallest absolute Gasteiger partial charge is 0.153 e. The zero-order valence-electron chi connectivity index (χ0n) is 15.1. The zero-order chi connectivity index (χ0) is 18.6. The van der Waals surface area contributed by atoms with Gasteiger partial charge in [0.05, 0.1) is 22.7 Å². The first-order valence-electron chi connectivity index (χ1n) is 9.02. The quantitative estimate of drug-likeness (QED) is 0.511. The van der Waals surface area contributed by atoms with Crippen LogP contribution in [0.15, 0.2) is 58.6 Å². The Kier molecular flexibility index (Phi) is 5.18. The van der Waals surface area contributed by atoms with Crippen molar-refractivity contribution in [2.45, 2.75) is 32.9 Å². The van der Waals surface area contributed by atoms with Crippen LogP contribution in [0.2, 0.25) is 0 Å². The van der Waals surface area contributed by atoms with E-state index in [0.717, 1.165) is 47.0 Å². The van der Waals surface area contributed by atoms with Gasteiger partial charge in [-0.2, -0.15) is 0 Å². The number of hydrogen-bond donors (Lipinski definition) is 1. The van der Waals surface area contributed by atoms with E-state index in [-0.39, 0.29) is 6.61 Å². The fourth-order valence-corrected chi connectivity index (χ4v) is 3.92. The van der Waals surface area contributed by atoms with Crippen LogP contribution in [0.25, 0.3) is 22.7 Å². The van der Waals surface area contributed by atoms with Gasteiger partial charge in [0.2, 0.25) is 0 Å². The number of hydrogen-bond acceptors (Lipinski definition) is 5. The number of benzene rings is 1. The van der Waals surface area contributed by atoms with Gasteiger partial charge in [-0.25, -0.2) is 9.97 Å². The van der Waals surface area contributed by atoms with Gasteiger partial charge in [0.15, 0.2) is 5.76 Å². The van der Waals surface area contributed by atoms with Crippen LogP contribution >= 0.6 is 11.3 Å². The van der Waals surface area contributed by atoms with E-state index in [1.165, 1.54) is 0 Å². The molecule has 0 aliphatic carbocycles. The molecule has 5 nitrogen and oxygen atoms in total. The van der Waals surface area contributed by atoms with E-state index in [0.29, 0.717) is 11.5 Å². The number of aliphatic hydroxyl groups excluding tert-OH is 1. The SMILES string of the molecule is CCc1csc(CCn2cnc(-c3ccccc3)c2-c2ccc(CO)o2)n1. The van der Waals surface area contributed by atoms with Gasteiger partial charge >= 0.3 is 0 Å². The van der Waals surface area contributed by atoms with E-state index in [1.807, 2.05) is 42.7 Å². The fraction of sp³-hybridized carbons (Fsp3) is 0.238. The number of imidazole rings is 1. The standard InChI is InChI=1S/C21H21N3O2S/c1-2-16-13-27-19(23-16)10-11-24-14-22-20(15-6-4-3-5-7-15)21(24)18-9-8-17(12-25)26-18/h3-9,13-14,25H,2,10-12H2,1H3. The van der Waals surface area contributed by atoms with Gasteiger partial charge in [0.1, 0.15) is 18.1 Å². The lowest BCUT2D eigenvalue weighted by atomic mass is 10.1. The third-order valence-corrected chi connectivity index (χ3v) is 5.42. The van der Waals surface area contributed by atoms with Crippen molar-refractivity contribution >= 4 is 11.3 Å². The van der Waals surface area contributed by atoms with E-state index < -0.39 is 0 Å². The topological polar surface area (TPSA) is 64.1 Å². The summed E-state index contributed by atoms with van der Waals surface area (Å²) in [5, 5.41) is 12.6. The number of rotatable bonds is 7. The van der Waals surface area contributed by atoms with Crippen LogP contribution in [0.5, 0.6) is 0 Å². The van der Waals surface area contributed by atoms with Crippen molar-refractivity contribution in [3.05, 3.63) is 70.6 Å². The lowest BCUT2D eigenvalue weighted by Crippen LogP contribution is -2.02. The predicted octanol–water partition coefficient (Wildman–Crippen LogP) is 4.56. The van der Waals surface area contributed by atoms with Crippen LogP contribution in [-0.4, -0.2) is 19.6 Å². The van der Waals surface area contributed by atoms with Crippen LogP contribution < -0.4 is 0 Å². The molecule has 0 unspecified atom stereocenters. The summed E-state index contributed by atoms with van der Waals surface area (Å²) in [6, 6.07) is 13.8. The second-order valence-electron chi connectivity index (χ2n) is 6.26. The lowest BCUT2D eigenvalue weighted by Gasteiger charge is -2.08. The maximum atomic E-state index is 9.36. The Labute approximate surface area is 162 Å². The molecule has 0 fully saturated rings. The molecule has 0 radical (unpaired) electrons. The summed E-state index contributed by atoms with van der Waals surface area (Å²) in [5.74, 6) is 1.26. The number of aryl methyl sites for hydroxylation is 3. The molecule has 1 N–H and O–H groups in total. The molecule has 4 aromatic rings. The lowest BCUT2D eigenvalue weighted by molar-refractivity contribution is 0.248. The van der Waals surface area contributed by atoms with Gasteiger partial charge in [-0.1, -0.05) is 37.3 Å². The van der Waals surface area contributed by atoms with Crippen LogP contribution in [0.3, 0.4) is 0 Å². The monoisotopic (exact) mass is 379 g/mol. The van der Waals surface area contributed by atoms with Crippen molar-refractivity contribution in [1.82, 2.24) is 14.5 Å². The van der Waals surface area contributed by atoms with E-state index in [2.05, 4.69) is 26.8 Å². The zero-order valence-corrected chi connectivity index (χ0v) is 15.9. The Morgan fingerprint density at radius 3 is 2.70 bits per heavy atom. The highest BCUT2D eigenvalue weighted by atomic mass is 32.1. The summed E-state index contributed by atoms with van der Waals surface area (Å²) in [5.41, 5.74) is 3.98. The number of furan rings is 1. The molecule has 3 aromatic heterocycles. The molecular formula is C21H21N3O2S. The molecule has 0 amide bonds. The van der Waals surface area contributed by atoms with Crippen molar-refractivity contribution < 1.29 is 9.52 Å². The Balaban J connectivity index is 1.69. The molecule has 0 aliphatic rings. The van der Waals surface area contributed by atoms with Gasteiger partial charge in [-0.3, -0.25) is 0 Å². The first-order valence-corrected chi connectivity index (χ1v) is 9.90. The molecule has 6 heteroatoms. The van der Waals surface area contributed by atoms with Crippen LogP contribution in [0.4, 0.5) is 0 Å². The van der Waals surface area contributed by atoms with Gasteiger partial charge in [-0.05, 0) is 18.6 Å². The van der Waals surface area contributed by atoms with Gasteiger partial charge in [-0.15, -0.1) is 11.3 Å². The molecule has 3 heterocycles. The number of nitrogens with zero attached hydrogens (tertiary/aromatic N) is 3. The number of aliphatic hydroxyl groups is 1. The first-order chi connectivity index (χ1) is 13.3. The maximum Gasteiger partial charge on any atom is 0.153 e. The molecule has 4 rings (SSSR count). The summed E-state index contributed by atoms with van der Waals surface area (Å²) in [7, 11) is 0. The van der Waals surface area contributed by atoms with Crippen LogP contribution in [0, 0.1) is 0 Å². The number of aromatic nitrogens is 3. The Bertz CT molecular complexity index is 1020. The maximum absolute atomic E-state index is 9.36. The van der Waals surface area contributed by atoms with Crippen molar-refractivity contribution in [2.75, 3.05) is 0 Å². The van der Waals surface area contributed by atoms with Crippen LogP contribution in [-0.2, 0) is 26.0 Å². The fourth-order valence-electron chi connectivity index (χ4n) is 3.05. The second-order valence-corrected chi connectivity index (χ2v) is 7.20. The molecule has 0 saturated heterocycles. The minimum absolute atomic E-state index is 0.117. The minimum atomic E-state index is -0.117. The van der Waals surface area contributed by atoms with E-state index in [9.17, 15) is 5.11 Å². The van der Waals surface area contributed by atoms with Crippen LogP contribution in [0.1, 0.15) is 23.4 Å². The molecular weight excluding hydrogens is 358 g/mol. The predicted molar refractivity (Wildman–Crippen MR) is 106 cm³/mol. The first kappa shape index (κ1) is 17.7. The van der Waals surface area contributed by atoms with Crippen molar-refractivity contribution in [1.29, 1.82) is 0 Å². The van der Waals surface area contributed by atoms with Gasteiger partial charge < -0.3 is 14.1 Å². The molecule has 0 saturated carbocycles. The highest BCUT2D eigenvalue weighted by Gasteiger charge is 2.18. The summed E-state index contributed by atoms with van der Waals surface area (Å²) < 4.78 is 7.94. The van der Waals surface area contributed by atoms with E-state index in [4.69, 9.17) is 4.42 Å². The molecule has 0 atom stereocenters. The summed E-state index contributed by atoms with van der Waals surface area (Å²) in [6.07, 6.45) is 3.66. The molecule has 1 aromatic carbocycles. The van der Waals surface area contributed by atoms with Crippen molar-refractivity contribution in [2.24, 2.45) is 0 Å². The Hall–Kier alpha value is -2.70. The van der Waals surface area contributed by atoms with Gasteiger partial charge in [0, 0.05) is 23.9 Å². The highest BCUT2D eigenvalue weighted by Crippen LogP contribution is 2.32. The second kappa shape index (κ2) is 7.90.